The van der Waals surface area contributed by atoms with Gasteiger partial charge in [0, 0.05) is 23.1 Å². The highest BCUT2D eigenvalue weighted by Gasteiger charge is 2.15. The van der Waals surface area contributed by atoms with Crippen molar-refractivity contribution in [3.63, 3.8) is 0 Å². The Morgan fingerprint density at radius 1 is 1.45 bits per heavy atom. The van der Waals surface area contributed by atoms with E-state index < -0.39 is 11.7 Å². The van der Waals surface area contributed by atoms with E-state index in [1.165, 1.54) is 12.1 Å². The largest absolute Gasteiger partial charge is 0.493 e. The molecular formula is C14H10BrFN4O2. The van der Waals surface area contributed by atoms with Gasteiger partial charge in [-0.2, -0.15) is 0 Å². The van der Waals surface area contributed by atoms with Crippen molar-refractivity contribution in [3.8, 4) is 5.88 Å². The number of hydrogen-bond donors (Lipinski definition) is 2. The number of aryl methyl sites for hydroxylation is 1. The molecule has 3 aromatic rings. The number of carbonyl (C=O) groups excluding carboxylic acids is 1. The summed E-state index contributed by atoms with van der Waals surface area (Å²) in [5.41, 5.74) is 0.840. The number of azo groups is 1. The summed E-state index contributed by atoms with van der Waals surface area (Å²) in [4.78, 5) is 14.6. The fraction of sp³-hybridized carbons (Fsp3) is 0.0714. The van der Waals surface area contributed by atoms with E-state index in [4.69, 9.17) is 0 Å². The van der Waals surface area contributed by atoms with Crippen molar-refractivity contribution >= 4 is 38.4 Å². The Morgan fingerprint density at radius 2 is 2.23 bits per heavy atom. The number of amides is 1. The Balaban J connectivity index is 2.04. The molecule has 0 atom stereocenters. The van der Waals surface area contributed by atoms with Crippen LogP contribution in [0.4, 0.5) is 10.1 Å². The molecule has 0 aliphatic rings. The SMILES string of the molecule is Cn1cccc1C(=O)N=Nc1c(O)[nH]c2c(Br)cc(F)cc12. The van der Waals surface area contributed by atoms with E-state index in [1.807, 2.05) is 0 Å². The van der Waals surface area contributed by atoms with E-state index in [1.54, 1.807) is 29.9 Å². The fourth-order valence-electron chi connectivity index (χ4n) is 2.12. The minimum atomic E-state index is -0.559. The number of benzene rings is 1. The average molecular weight is 365 g/mol. The van der Waals surface area contributed by atoms with Crippen LogP contribution in [0.15, 0.2) is 45.2 Å². The van der Waals surface area contributed by atoms with Gasteiger partial charge < -0.3 is 14.7 Å². The minimum Gasteiger partial charge on any atom is -0.493 e. The molecule has 8 heteroatoms. The molecule has 0 unspecified atom stereocenters. The maximum absolute atomic E-state index is 13.5. The molecule has 2 aromatic heterocycles. The van der Waals surface area contributed by atoms with E-state index in [-0.39, 0.29) is 11.6 Å². The number of fused-ring (bicyclic) bond motifs is 1. The first-order chi connectivity index (χ1) is 10.5. The van der Waals surface area contributed by atoms with Crippen molar-refractivity contribution in [1.29, 1.82) is 0 Å². The van der Waals surface area contributed by atoms with Crippen molar-refractivity contribution in [3.05, 3.63) is 46.4 Å². The smallest absolute Gasteiger partial charge is 0.311 e. The summed E-state index contributed by atoms with van der Waals surface area (Å²) < 4.78 is 15.5. The fourth-order valence-corrected chi connectivity index (χ4v) is 2.66. The lowest BCUT2D eigenvalue weighted by Crippen LogP contribution is -2.01. The zero-order valence-electron chi connectivity index (χ0n) is 11.3. The lowest BCUT2D eigenvalue weighted by molar-refractivity contribution is 0.0987. The van der Waals surface area contributed by atoms with E-state index in [0.717, 1.165) is 0 Å². The van der Waals surface area contributed by atoms with Gasteiger partial charge in [0.15, 0.2) is 5.69 Å². The summed E-state index contributed by atoms with van der Waals surface area (Å²) >= 11 is 3.19. The number of hydrogen-bond acceptors (Lipinski definition) is 3. The average Bonchev–Trinajstić information content (AvgIpc) is 3.00. The molecule has 0 spiro atoms. The third-order valence-electron chi connectivity index (χ3n) is 3.18. The number of H-pyrrole nitrogens is 1. The normalized spacial score (nSPS) is 11.6. The first kappa shape index (κ1) is 14.5. The van der Waals surface area contributed by atoms with Gasteiger partial charge in [-0.15, -0.1) is 10.2 Å². The van der Waals surface area contributed by atoms with Gasteiger partial charge in [-0.25, -0.2) is 4.39 Å². The van der Waals surface area contributed by atoms with Crippen LogP contribution >= 0.6 is 15.9 Å². The van der Waals surface area contributed by atoms with Crippen LogP contribution in [0.1, 0.15) is 10.5 Å². The highest BCUT2D eigenvalue weighted by atomic mass is 79.9. The summed E-state index contributed by atoms with van der Waals surface area (Å²) in [5, 5.41) is 17.6. The first-order valence-electron chi connectivity index (χ1n) is 6.24. The van der Waals surface area contributed by atoms with Gasteiger partial charge in [-0.1, -0.05) is 0 Å². The molecule has 0 saturated heterocycles. The maximum Gasteiger partial charge on any atom is 0.311 e. The van der Waals surface area contributed by atoms with Crippen LogP contribution in [-0.4, -0.2) is 20.6 Å². The van der Waals surface area contributed by atoms with Crippen LogP contribution in [0.2, 0.25) is 0 Å². The molecule has 3 rings (SSSR count). The molecule has 0 radical (unpaired) electrons. The molecule has 22 heavy (non-hydrogen) atoms. The molecule has 1 aromatic carbocycles. The van der Waals surface area contributed by atoms with Gasteiger partial charge in [-0.3, -0.25) is 4.79 Å². The van der Waals surface area contributed by atoms with E-state index in [2.05, 4.69) is 31.1 Å². The molecule has 0 saturated carbocycles. The second-order valence-corrected chi connectivity index (χ2v) is 5.50. The number of halogens is 2. The number of aromatic amines is 1. The Labute approximate surface area is 132 Å². The third-order valence-corrected chi connectivity index (χ3v) is 3.81. The molecule has 112 valence electrons. The first-order valence-corrected chi connectivity index (χ1v) is 7.03. The van der Waals surface area contributed by atoms with E-state index >= 15 is 0 Å². The van der Waals surface area contributed by atoms with E-state index in [0.29, 0.717) is 21.1 Å². The van der Waals surface area contributed by atoms with Crippen LogP contribution in [0, 0.1) is 5.82 Å². The number of nitrogens with zero attached hydrogens (tertiary/aromatic N) is 3. The van der Waals surface area contributed by atoms with Gasteiger partial charge in [0.1, 0.15) is 11.5 Å². The Hall–Kier alpha value is -2.48. The number of nitrogens with one attached hydrogen (secondary N) is 1. The van der Waals surface area contributed by atoms with Crippen LogP contribution in [0.25, 0.3) is 10.9 Å². The Kier molecular flexibility index (Phi) is 3.53. The highest BCUT2D eigenvalue weighted by molar-refractivity contribution is 9.10. The highest BCUT2D eigenvalue weighted by Crippen LogP contribution is 2.39. The van der Waals surface area contributed by atoms with Crippen LogP contribution in [0.3, 0.4) is 0 Å². The zero-order chi connectivity index (χ0) is 15.9. The predicted molar refractivity (Wildman–Crippen MR) is 81.9 cm³/mol. The summed E-state index contributed by atoms with van der Waals surface area (Å²) in [7, 11) is 1.71. The number of aromatic hydroxyl groups is 1. The number of rotatable bonds is 2. The maximum atomic E-state index is 13.5. The molecule has 6 nitrogen and oxygen atoms in total. The minimum absolute atomic E-state index is 0.0118. The molecule has 0 bridgehead atoms. The Morgan fingerprint density at radius 3 is 2.91 bits per heavy atom. The molecule has 0 aliphatic carbocycles. The van der Waals surface area contributed by atoms with Gasteiger partial charge in [0.05, 0.1) is 5.52 Å². The van der Waals surface area contributed by atoms with Crippen LogP contribution in [0.5, 0.6) is 5.88 Å². The second kappa shape index (κ2) is 5.38. The number of carbonyl (C=O) groups is 1. The predicted octanol–water partition coefficient (Wildman–Crippen LogP) is 4.04. The monoisotopic (exact) mass is 364 g/mol. The summed E-state index contributed by atoms with van der Waals surface area (Å²) in [5.74, 6) is -1.34. The summed E-state index contributed by atoms with van der Waals surface area (Å²) in [6, 6.07) is 5.77. The zero-order valence-corrected chi connectivity index (χ0v) is 12.9. The van der Waals surface area contributed by atoms with Crippen LogP contribution < -0.4 is 0 Å². The lowest BCUT2D eigenvalue weighted by Gasteiger charge is -1.97. The van der Waals surface area contributed by atoms with Crippen LogP contribution in [-0.2, 0) is 7.05 Å². The Bertz CT molecular complexity index is 913. The molecule has 2 heterocycles. The molecule has 2 N–H and O–H groups in total. The topological polar surface area (TPSA) is 82.7 Å². The van der Waals surface area contributed by atoms with E-state index in [9.17, 15) is 14.3 Å². The van der Waals surface area contributed by atoms with Gasteiger partial charge >= 0.3 is 5.91 Å². The summed E-state index contributed by atoms with van der Waals surface area (Å²) in [6.07, 6.45) is 1.71. The third kappa shape index (κ3) is 2.41. The van der Waals surface area contributed by atoms with Crippen molar-refractivity contribution in [2.45, 2.75) is 0 Å². The van der Waals surface area contributed by atoms with Gasteiger partial charge in [0.25, 0.3) is 0 Å². The quantitative estimate of drug-likeness (QED) is 0.672. The lowest BCUT2D eigenvalue weighted by atomic mass is 10.2. The van der Waals surface area contributed by atoms with Crippen molar-refractivity contribution in [2.24, 2.45) is 17.3 Å². The molecule has 0 aliphatic heterocycles. The second-order valence-electron chi connectivity index (χ2n) is 4.64. The van der Waals surface area contributed by atoms with Crippen molar-refractivity contribution in [1.82, 2.24) is 9.55 Å². The standard InChI is InChI=1S/C14H10BrFN4O2/c1-20-4-2-3-10(20)13(21)19-18-12-8-5-7(16)6-9(15)11(8)17-14(12)22/h2-6,17,22H,1H3. The van der Waals surface area contributed by atoms with Gasteiger partial charge in [-0.05, 0) is 40.2 Å². The van der Waals surface area contributed by atoms with Crippen molar-refractivity contribution in [2.75, 3.05) is 0 Å². The van der Waals surface area contributed by atoms with Gasteiger partial charge in [0.2, 0.25) is 5.88 Å². The summed E-state index contributed by atoms with van der Waals surface area (Å²) in [6.45, 7) is 0. The van der Waals surface area contributed by atoms with Crippen molar-refractivity contribution < 1.29 is 14.3 Å². The molecular weight excluding hydrogens is 355 g/mol. The molecule has 1 amide bonds. The number of aromatic nitrogens is 2. The molecule has 0 fully saturated rings.